The van der Waals surface area contributed by atoms with Gasteiger partial charge in [0.15, 0.2) is 0 Å². The molecule has 0 aliphatic rings. The van der Waals surface area contributed by atoms with Crippen LogP contribution in [0.3, 0.4) is 0 Å². The third kappa shape index (κ3) is 2.53. The lowest BCUT2D eigenvalue weighted by Gasteiger charge is -2.22. The van der Waals surface area contributed by atoms with Gasteiger partial charge in [0.05, 0.1) is 0 Å². The molecular formula is C15H18N2. The Labute approximate surface area is 103 Å². The molecule has 2 rings (SSSR count). The van der Waals surface area contributed by atoms with Crippen LogP contribution in [-0.2, 0) is 0 Å². The summed E-state index contributed by atoms with van der Waals surface area (Å²) in [6.07, 6.45) is 3.63. The van der Waals surface area contributed by atoms with E-state index in [1.807, 2.05) is 36.7 Å². The molecule has 88 valence electrons. The Morgan fingerprint density at radius 2 is 1.71 bits per heavy atom. The molecule has 2 unspecified atom stereocenters. The third-order valence-corrected chi connectivity index (χ3v) is 3.32. The van der Waals surface area contributed by atoms with Crippen LogP contribution in [0.4, 0.5) is 0 Å². The normalized spacial score (nSPS) is 14.3. The Morgan fingerprint density at radius 3 is 2.35 bits per heavy atom. The van der Waals surface area contributed by atoms with E-state index in [1.165, 1.54) is 16.7 Å². The van der Waals surface area contributed by atoms with Crippen LogP contribution in [0.5, 0.6) is 0 Å². The molecule has 1 heterocycles. The van der Waals surface area contributed by atoms with Gasteiger partial charge in [-0.15, -0.1) is 0 Å². The van der Waals surface area contributed by atoms with Gasteiger partial charge < -0.3 is 5.73 Å². The number of hydrogen-bond donors (Lipinski definition) is 1. The summed E-state index contributed by atoms with van der Waals surface area (Å²) in [5, 5.41) is 0. The zero-order chi connectivity index (χ0) is 12.3. The predicted octanol–water partition coefficient (Wildman–Crippen LogP) is 3.19. The van der Waals surface area contributed by atoms with E-state index in [0.29, 0.717) is 5.92 Å². The standard InChI is InChI=1S/C15H18N2/c1-11-5-3-4-6-14(11)15(16)12(2)13-7-9-17-10-8-13/h3-10,12,15H,16H2,1-2H3. The predicted molar refractivity (Wildman–Crippen MR) is 70.8 cm³/mol. The number of nitrogens with two attached hydrogens (primary N) is 1. The molecule has 2 atom stereocenters. The Kier molecular flexibility index (Phi) is 3.55. The summed E-state index contributed by atoms with van der Waals surface area (Å²) in [7, 11) is 0. The molecule has 0 spiro atoms. The second-order valence-electron chi connectivity index (χ2n) is 4.45. The molecule has 0 radical (unpaired) electrons. The first-order valence-electron chi connectivity index (χ1n) is 5.91. The molecule has 1 aromatic carbocycles. The van der Waals surface area contributed by atoms with Gasteiger partial charge in [-0.2, -0.15) is 0 Å². The van der Waals surface area contributed by atoms with E-state index in [1.54, 1.807) is 0 Å². The Bertz CT molecular complexity index is 479. The Morgan fingerprint density at radius 1 is 1.06 bits per heavy atom. The highest BCUT2D eigenvalue weighted by Gasteiger charge is 2.17. The number of aromatic nitrogens is 1. The van der Waals surface area contributed by atoms with Crippen molar-refractivity contribution in [2.24, 2.45) is 5.73 Å². The monoisotopic (exact) mass is 226 g/mol. The zero-order valence-electron chi connectivity index (χ0n) is 10.3. The SMILES string of the molecule is Cc1ccccc1C(N)C(C)c1ccncc1. The molecule has 2 heteroatoms. The fourth-order valence-corrected chi connectivity index (χ4v) is 2.10. The molecule has 2 nitrogen and oxygen atoms in total. The van der Waals surface area contributed by atoms with E-state index < -0.39 is 0 Å². The average molecular weight is 226 g/mol. The lowest BCUT2D eigenvalue weighted by Crippen LogP contribution is -2.18. The number of rotatable bonds is 3. The van der Waals surface area contributed by atoms with Crippen molar-refractivity contribution in [1.29, 1.82) is 0 Å². The van der Waals surface area contributed by atoms with Gasteiger partial charge in [-0.3, -0.25) is 4.98 Å². The van der Waals surface area contributed by atoms with Crippen LogP contribution in [0.2, 0.25) is 0 Å². The van der Waals surface area contributed by atoms with Gasteiger partial charge in [0, 0.05) is 24.4 Å². The minimum Gasteiger partial charge on any atom is -0.323 e. The maximum atomic E-state index is 6.35. The molecule has 17 heavy (non-hydrogen) atoms. The average Bonchev–Trinajstić information content (AvgIpc) is 2.39. The van der Waals surface area contributed by atoms with Gasteiger partial charge in [0.25, 0.3) is 0 Å². The van der Waals surface area contributed by atoms with E-state index in [2.05, 4.69) is 31.0 Å². The lowest BCUT2D eigenvalue weighted by molar-refractivity contribution is 0.594. The summed E-state index contributed by atoms with van der Waals surface area (Å²) < 4.78 is 0. The van der Waals surface area contributed by atoms with Crippen LogP contribution in [0, 0.1) is 6.92 Å². The van der Waals surface area contributed by atoms with Gasteiger partial charge >= 0.3 is 0 Å². The number of hydrogen-bond acceptors (Lipinski definition) is 2. The fourth-order valence-electron chi connectivity index (χ4n) is 2.10. The molecule has 0 bridgehead atoms. The van der Waals surface area contributed by atoms with Crippen LogP contribution in [-0.4, -0.2) is 4.98 Å². The molecule has 0 amide bonds. The molecule has 0 saturated heterocycles. The lowest BCUT2D eigenvalue weighted by atomic mass is 9.88. The van der Waals surface area contributed by atoms with Crippen LogP contribution in [0.1, 0.15) is 35.6 Å². The Hall–Kier alpha value is -1.67. The third-order valence-electron chi connectivity index (χ3n) is 3.32. The highest BCUT2D eigenvalue weighted by Crippen LogP contribution is 2.29. The van der Waals surface area contributed by atoms with Gasteiger partial charge in [-0.25, -0.2) is 0 Å². The molecular weight excluding hydrogens is 208 g/mol. The van der Waals surface area contributed by atoms with Crippen molar-refractivity contribution in [3.63, 3.8) is 0 Å². The number of benzene rings is 1. The van der Waals surface area contributed by atoms with Gasteiger partial charge in [0.2, 0.25) is 0 Å². The minimum atomic E-state index is 0.0265. The van der Waals surface area contributed by atoms with Crippen LogP contribution < -0.4 is 5.73 Å². The maximum Gasteiger partial charge on any atom is 0.0364 e. The van der Waals surface area contributed by atoms with Crippen LogP contribution in [0.15, 0.2) is 48.8 Å². The molecule has 0 saturated carbocycles. The molecule has 0 aliphatic heterocycles. The second-order valence-corrected chi connectivity index (χ2v) is 4.45. The largest absolute Gasteiger partial charge is 0.323 e. The summed E-state index contributed by atoms with van der Waals surface area (Å²) in [4.78, 5) is 4.04. The highest BCUT2D eigenvalue weighted by molar-refractivity contribution is 5.32. The van der Waals surface area contributed by atoms with Crippen LogP contribution >= 0.6 is 0 Å². The van der Waals surface area contributed by atoms with Gasteiger partial charge in [0.1, 0.15) is 0 Å². The van der Waals surface area contributed by atoms with E-state index in [0.717, 1.165) is 0 Å². The van der Waals surface area contributed by atoms with Gasteiger partial charge in [-0.05, 0) is 35.7 Å². The summed E-state index contributed by atoms with van der Waals surface area (Å²) >= 11 is 0. The highest BCUT2D eigenvalue weighted by atomic mass is 14.7. The van der Waals surface area contributed by atoms with Crippen molar-refractivity contribution in [2.75, 3.05) is 0 Å². The summed E-state index contributed by atoms with van der Waals surface area (Å²) in [6, 6.07) is 12.4. The second kappa shape index (κ2) is 5.11. The van der Waals surface area contributed by atoms with E-state index in [9.17, 15) is 0 Å². The quantitative estimate of drug-likeness (QED) is 0.873. The summed E-state index contributed by atoms with van der Waals surface area (Å²) in [6.45, 7) is 4.26. The van der Waals surface area contributed by atoms with Crippen molar-refractivity contribution in [3.8, 4) is 0 Å². The van der Waals surface area contributed by atoms with Crippen molar-refractivity contribution >= 4 is 0 Å². The molecule has 0 fully saturated rings. The summed E-state index contributed by atoms with van der Waals surface area (Å²) in [5.74, 6) is 0.291. The Balaban J connectivity index is 2.27. The number of aryl methyl sites for hydroxylation is 1. The van der Waals surface area contributed by atoms with Gasteiger partial charge in [-0.1, -0.05) is 31.2 Å². The summed E-state index contributed by atoms with van der Waals surface area (Å²) in [5.41, 5.74) is 10.1. The fraction of sp³-hybridized carbons (Fsp3) is 0.267. The van der Waals surface area contributed by atoms with Crippen LogP contribution in [0.25, 0.3) is 0 Å². The number of nitrogens with zero attached hydrogens (tertiary/aromatic N) is 1. The zero-order valence-corrected chi connectivity index (χ0v) is 10.3. The van der Waals surface area contributed by atoms with Crippen molar-refractivity contribution in [3.05, 3.63) is 65.5 Å². The van der Waals surface area contributed by atoms with E-state index in [-0.39, 0.29) is 6.04 Å². The molecule has 2 aromatic rings. The molecule has 2 N–H and O–H groups in total. The van der Waals surface area contributed by atoms with E-state index >= 15 is 0 Å². The van der Waals surface area contributed by atoms with Crippen molar-refractivity contribution < 1.29 is 0 Å². The number of pyridine rings is 1. The maximum absolute atomic E-state index is 6.35. The first-order valence-corrected chi connectivity index (χ1v) is 5.91. The van der Waals surface area contributed by atoms with Crippen molar-refractivity contribution in [1.82, 2.24) is 4.98 Å². The molecule has 1 aromatic heterocycles. The minimum absolute atomic E-state index is 0.0265. The smallest absolute Gasteiger partial charge is 0.0364 e. The van der Waals surface area contributed by atoms with Crippen molar-refractivity contribution in [2.45, 2.75) is 25.8 Å². The first kappa shape index (κ1) is 11.8. The molecule has 0 aliphatic carbocycles. The topological polar surface area (TPSA) is 38.9 Å². The first-order chi connectivity index (χ1) is 8.20. The van der Waals surface area contributed by atoms with E-state index in [4.69, 9.17) is 5.73 Å².